The van der Waals surface area contributed by atoms with Gasteiger partial charge in [-0.1, -0.05) is 42.1 Å². The number of nitrogens with one attached hydrogen (secondary N) is 1. The summed E-state index contributed by atoms with van der Waals surface area (Å²) in [6, 6.07) is 9.57. The Bertz CT molecular complexity index is 658. The Labute approximate surface area is 124 Å². The summed E-state index contributed by atoms with van der Waals surface area (Å²) in [6.07, 6.45) is -0.583. The summed E-state index contributed by atoms with van der Waals surface area (Å²) in [4.78, 5) is 28.5. The van der Waals surface area contributed by atoms with Crippen LogP contribution in [-0.4, -0.2) is 51.0 Å². The third-order valence-corrected chi connectivity index (χ3v) is 3.73. The van der Waals surface area contributed by atoms with Crippen LogP contribution in [0.1, 0.15) is 0 Å². The van der Waals surface area contributed by atoms with Crippen LogP contribution < -0.4 is 0 Å². The van der Waals surface area contributed by atoms with E-state index in [9.17, 15) is 9.59 Å². The molecule has 21 heavy (non-hydrogen) atoms. The van der Waals surface area contributed by atoms with Crippen molar-refractivity contribution in [2.24, 2.45) is 0 Å². The Hall–Kier alpha value is -2.35. The second-order valence-electron chi connectivity index (χ2n) is 4.28. The number of aromatic amines is 1. The predicted octanol–water partition coefficient (Wildman–Crippen LogP) is 1.54. The Balaban J connectivity index is 1.60. The molecule has 0 bridgehead atoms. The van der Waals surface area contributed by atoms with Crippen molar-refractivity contribution in [2.45, 2.75) is 5.16 Å². The molecule has 1 aliphatic heterocycles. The zero-order chi connectivity index (χ0) is 14.7. The van der Waals surface area contributed by atoms with E-state index in [2.05, 4.69) is 15.2 Å². The number of amides is 2. The number of cyclic esters (lactones) is 1. The van der Waals surface area contributed by atoms with Crippen LogP contribution in [0.4, 0.5) is 4.79 Å². The van der Waals surface area contributed by atoms with Crippen molar-refractivity contribution in [1.82, 2.24) is 20.1 Å². The number of benzene rings is 1. The lowest BCUT2D eigenvalue weighted by atomic mass is 10.2. The van der Waals surface area contributed by atoms with Crippen molar-refractivity contribution in [3.8, 4) is 11.4 Å². The topological polar surface area (TPSA) is 88.2 Å². The van der Waals surface area contributed by atoms with Gasteiger partial charge in [0.1, 0.15) is 6.61 Å². The standard InChI is InChI=1S/C13H12N4O3S/c18-10(17-6-7-20-13(17)19)8-21-12-14-11(15-16-12)9-4-2-1-3-5-9/h1-5H,6-8H2,(H,14,15,16). The first kappa shape index (κ1) is 13.6. The molecular weight excluding hydrogens is 292 g/mol. The van der Waals surface area contributed by atoms with Crippen molar-refractivity contribution >= 4 is 23.8 Å². The second-order valence-corrected chi connectivity index (χ2v) is 5.22. The Kier molecular flexibility index (Phi) is 3.87. The van der Waals surface area contributed by atoms with Gasteiger partial charge in [0.15, 0.2) is 5.82 Å². The molecule has 1 aromatic carbocycles. The maximum Gasteiger partial charge on any atom is 0.416 e. The summed E-state index contributed by atoms with van der Waals surface area (Å²) in [7, 11) is 0. The molecule has 108 valence electrons. The van der Waals surface area contributed by atoms with Crippen LogP contribution in [0.2, 0.25) is 0 Å². The molecule has 2 heterocycles. The van der Waals surface area contributed by atoms with Crippen LogP contribution in [0.3, 0.4) is 0 Å². The summed E-state index contributed by atoms with van der Waals surface area (Å²) < 4.78 is 4.72. The highest BCUT2D eigenvalue weighted by atomic mass is 32.2. The number of nitrogens with zero attached hydrogens (tertiary/aromatic N) is 3. The summed E-state index contributed by atoms with van der Waals surface area (Å²) >= 11 is 1.18. The van der Waals surface area contributed by atoms with Gasteiger partial charge < -0.3 is 4.74 Å². The fraction of sp³-hybridized carbons (Fsp3) is 0.231. The van der Waals surface area contributed by atoms with Crippen molar-refractivity contribution < 1.29 is 14.3 Å². The molecule has 0 aliphatic carbocycles. The molecular formula is C13H12N4O3S. The highest BCUT2D eigenvalue weighted by Gasteiger charge is 2.28. The largest absolute Gasteiger partial charge is 0.447 e. The molecule has 1 aromatic heterocycles. The average Bonchev–Trinajstić information content (AvgIpc) is 3.15. The van der Waals surface area contributed by atoms with Gasteiger partial charge in [-0.25, -0.2) is 14.7 Å². The molecule has 0 radical (unpaired) electrons. The second kappa shape index (κ2) is 5.96. The van der Waals surface area contributed by atoms with Crippen molar-refractivity contribution in [2.75, 3.05) is 18.9 Å². The van der Waals surface area contributed by atoms with Gasteiger partial charge in [0.25, 0.3) is 0 Å². The number of H-pyrrole nitrogens is 1. The van der Waals surface area contributed by atoms with Gasteiger partial charge in [0, 0.05) is 5.56 Å². The quantitative estimate of drug-likeness (QED) is 0.862. The highest BCUT2D eigenvalue weighted by Crippen LogP contribution is 2.19. The molecule has 0 spiro atoms. The molecule has 1 N–H and O–H groups in total. The fourth-order valence-electron chi connectivity index (χ4n) is 1.86. The van der Waals surface area contributed by atoms with E-state index in [1.807, 2.05) is 30.3 Å². The Morgan fingerprint density at radius 2 is 2.19 bits per heavy atom. The number of hydrogen-bond acceptors (Lipinski definition) is 6. The van der Waals surface area contributed by atoms with Crippen molar-refractivity contribution in [3.05, 3.63) is 30.3 Å². The number of rotatable bonds is 4. The van der Waals surface area contributed by atoms with E-state index in [4.69, 9.17) is 4.74 Å². The van der Waals surface area contributed by atoms with Crippen LogP contribution in [0.25, 0.3) is 11.4 Å². The van der Waals surface area contributed by atoms with Gasteiger partial charge >= 0.3 is 6.09 Å². The normalized spacial score (nSPS) is 14.3. The third kappa shape index (κ3) is 3.05. The number of aromatic nitrogens is 3. The Morgan fingerprint density at radius 3 is 2.90 bits per heavy atom. The van der Waals surface area contributed by atoms with Gasteiger partial charge in [-0.15, -0.1) is 5.10 Å². The van der Waals surface area contributed by atoms with Crippen LogP contribution >= 0.6 is 11.8 Å². The first-order valence-electron chi connectivity index (χ1n) is 6.32. The van der Waals surface area contributed by atoms with Crippen LogP contribution in [-0.2, 0) is 9.53 Å². The highest BCUT2D eigenvalue weighted by molar-refractivity contribution is 7.99. The summed E-state index contributed by atoms with van der Waals surface area (Å²) in [5, 5.41) is 7.34. The number of imide groups is 1. The lowest BCUT2D eigenvalue weighted by Crippen LogP contribution is -2.33. The molecule has 2 aromatic rings. The molecule has 7 nitrogen and oxygen atoms in total. The minimum absolute atomic E-state index is 0.0984. The van der Waals surface area contributed by atoms with Crippen molar-refractivity contribution in [1.29, 1.82) is 0 Å². The zero-order valence-corrected chi connectivity index (χ0v) is 11.8. The predicted molar refractivity (Wildman–Crippen MR) is 75.6 cm³/mol. The van der Waals surface area contributed by atoms with Gasteiger partial charge in [0.2, 0.25) is 11.1 Å². The van der Waals surface area contributed by atoms with Crippen LogP contribution in [0.15, 0.2) is 35.5 Å². The van der Waals surface area contributed by atoms with Gasteiger partial charge in [0.05, 0.1) is 12.3 Å². The average molecular weight is 304 g/mol. The van der Waals surface area contributed by atoms with Gasteiger partial charge in [-0.3, -0.25) is 9.89 Å². The van der Waals surface area contributed by atoms with E-state index in [1.165, 1.54) is 11.8 Å². The Morgan fingerprint density at radius 1 is 1.38 bits per heavy atom. The van der Waals surface area contributed by atoms with Gasteiger partial charge in [-0.2, -0.15) is 0 Å². The number of hydrogen-bond donors (Lipinski definition) is 1. The minimum atomic E-state index is -0.583. The van der Waals surface area contributed by atoms with E-state index < -0.39 is 6.09 Å². The van der Waals surface area contributed by atoms with E-state index in [0.29, 0.717) is 17.5 Å². The SMILES string of the molecule is O=C(CSc1n[nH]c(-c2ccccc2)n1)N1CCOC1=O. The fourth-order valence-corrected chi connectivity index (χ4v) is 2.53. The smallest absolute Gasteiger partial charge is 0.416 e. The first-order valence-corrected chi connectivity index (χ1v) is 7.30. The molecule has 0 saturated carbocycles. The lowest BCUT2D eigenvalue weighted by Gasteiger charge is -2.08. The van der Waals surface area contributed by atoms with E-state index in [-0.39, 0.29) is 18.3 Å². The molecule has 1 aliphatic rings. The van der Waals surface area contributed by atoms with Crippen molar-refractivity contribution in [3.63, 3.8) is 0 Å². The molecule has 1 fully saturated rings. The number of thioether (sulfide) groups is 1. The lowest BCUT2D eigenvalue weighted by molar-refractivity contribution is -0.125. The maximum atomic E-state index is 11.8. The monoisotopic (exact) mass is 304 g/mol. The molecule has 8 heteroatoms. The molecule has 0 unspecified atom stereocenters. The minimum Gasteiger partial charge on any atom is -0.447 e. The third-order valence-electron chi connectivity index (χ3n) is 2.90. The molecule has 0 atom stereocenters. The molecule has 2 amide bonds. The zero-order valence-electron chi connectivity index (χ0n) is 11.0. The summed E-state index contributed by atoms with van der Waals surface area (Å²) in [6.45, 7) is 0.565. The maximum absolute atomic E-state index is 11.8. The van der Waals surface area contributed by atoms with E-state index in [1.54, 1.807) is 0 Å². The van der Waals surface area contributed by atoms with E-state index >= 15 is 0 Å². The van der Waals surface area contributed by atoms with Crippen LogP contribution in [0.5, 0.6) is 0 Å². The number of carbonyl (C=O) groups excluding carboxylic acids is 2. The number of ether oxygens (including phenoxy) is 1. The van der Waals surface area contributed by atoms with E-state index in [0.717, 1.165) is 10.5 Å². The number of carbonyl (C=O) groups is 2. The first-order chi connectivity index (χ1) is 10.2. The molecule has 1 saturated heterocycles. The van der Waals surface area contributed by atoms with Gasteiger partial charge in [-0.05, 0) is 0 Å². The molecule has 3 rings (SSSR count). The summed E-state index contributed by atoms with van der Waals surface area (Å²) in [5.74, 6) is 0.445. The summed E-state index contributed by atoms with van der Waals surface area (Å²) in [5.41, 5.74) is 0.922. The van der Waals surface area contributed by atoms with Crippen LogP contribution in [0, 0.1) is 0 Å².